The number of hydrogen-bond donors (Lipinski definition) is 4. The zero-order valence-corrected chi connectivity index (χ0v) is 19.3. The van der Waals surface area contributed by atoms with E-state index >= 15 is 0 Å². The molecule has 5 unspecified atom stereocenters. The summed E-state index contributed by atoms with van der Waals surface area (Å²) < 4.78 is 22.1. The van der Waals surface area contributed by atoms with E-state index < -0.39 is 36.3 Å². The predicted octanol–water partition coefficient (Wildman–Crippen LogP) is 0.900. The van der Waals surface area contributed by atoms with Crippen molar-refractivity contribution in [1.82, 2.24) is 0 Å². The van der Waals surface area contributed by atoms with Crippen LogP contribution in [0.4, 0.5) is 0 Å². The van der Waals surface area contributed by atoms with Crippen LogP contribution in [0.15, 0.2) is 42.5 Å². The van der Waals surface area contributed by atoms with Gasteiger partial charge >= 0.3 is 5.97 Å². The fraction of sp³-hybridized carbons (Fsp3) is 0.458. The van der Waals surface area contributed by atoms with Crippen LogP contribution in [-0.2, 0) is 31.2 Å². The van der Waals surface area contributed by atoms with Gasteiger partial charge in [0.25, 0.3) is 0 Å². The van der Waals surface area contributed by atoms with Crippen molar-refractivity contribution < 1.29 is 44.2 Å². The lowest BCUT2D eigenvalue weighted by Gasteiger charge is -2.46. The summed E-state index contributed by atoms with van der Waals surface area (Å²) in [6.07, 6.45) is -4.22. The lowest BCUT2D eigenvalue weighted by atomic mass is 9.83. The molecule has 184 valence electrons. The Morgan fingerprint density at radius 1 is 1.12 bits per heavy atom. The van der Waals surface area contributed by atoms with Crippen LogP contribution in [0.3, 0.4) is 0 Å². The number of carbonyl (C=O) groups excluding carboxylic acids is 1. The largest absolute Gasteiger partial charge is 0.490 e. The Bertz CT molecular complexity index is 1030. The van der Waals surface area contributed by atoms with Crippen LogP contribution in [-0.4, -0.2) is 76.7 Å². The normalized spacial score (nSPS) is 30.2. The van der Waals surface area contributed by atoms with Crippen molar-refractivity contribution in [1.29, 1.82) is 0 Å². The second-order valence-electron chi connectivity index (χ2n) is 8.48. The maximum absolute atomic E-state index is 10.8. The van der Waals surface area contributed by atoms with Crippen LogP contribution < -0.4 is 4.74 Å². The Hall–Kier alpha value is -2.24. The van der Waals surface area contributed by atoms with Gasteiger partial charge in [-0.2, -0.15) is 0 Å². The van der Waals surface area contributed by atoms with Gasteiger partial charge in [-0.1, -0.05) is 29.8 Å². The summed E-state index contributed by atoms with van der Waals surface area (Å²) in [5.74, 6) is -1.49. The van der Waals surface area contributed by atoms with Crippen LogP contribution in [0.25, 0.3) is 0 Å². The molecular formula is C24H27ClO9. The number of rotatable bonds is 8. The molecule has 0 saturated carbocycles. The molecule has 9 nitrogen and oxygen atoms in total. The molecule has 0 radical (unpaired) electrons. The SMILES string of the molecule is CC(=O)OCCOc1ccc(Cc2cc(C34OCC(CO)(O3)C(O)C(O)C4O)ccc2Cl)cc1. The molecule has 2 fully saturated rings. The van der Waals surface area contributed by atoms with Gasteiger partial charge in [0.15, 0.2) is 0 Å². The predicted molar refractivity (Wildman–Crippen MR) is 119 cm³/mol. The van der Waals surface area contributed by atoms with E-state index in [4.69, 9.17) is 30.5 Å². The summed E-state index contributed by atoms with van der Waals surface area (Å²) >= 11 is 6.43. The highest BCUT2D eigenvalue weighted by Crippen LogP contribution is 2.49. The second-order valence-corrected chi connectivity index (χ2v) is 8.88. The van der Waals surface area contributed by atoms with E-state index in [-0.39, 0.29) is 25.8 Å². The fourth-order valence-electron chi connectivity index (χ4n) is 4.27. The molecule has 4 rings (SSSR count). The molecule has 0 amide bonds. The highest BCUT2D eigenvalue weighted by molar-refractivity contribution is 6.31. The highest BCUT2D eigenvalue weighted by atomic mass is 35.5. The summed E-state index contributed by atoms with van der Waals surface area (Å²) in [4.78, 5) is 10.8. The molecule has 2 aromatic rings. The van der Waals surface area contributed by atoms with Gasteiger partial charge in [-0.15, -0.1) is 0 Å². The topological polar surface area (TPSA) is 135 Å². The standard InChI is InChI=1S/C24H27ClO9/c1-14(27)31-8-9-32-18-5-2-15(3-6-18)10-16-11-17(4-7-19(16)25)24-22(30)20(28)21(29)23(12-26,34-24)13-33-24/h2-7,11,20-22,26,28-30H,8-10,12-13H2,1H3. The van der Waals surface area contributed by atoms with Gasteiger partial charge in [-0.3, -0.25) is 4.79 Å². The second kappa shape index (κ2) is 9.79. The zero-order valence-electron chi connectivity index (χ0n) is 18.5. The lowest BCUT2D eigenvalue weighted by molar-refractivity contribution is -0.329. The Labute approximate surface area is 201 Å². The van der Waals surface area contributed by atoms with Gasteiger partial charge in [-0.25, -0.2) is 0 Å². The van der Waals surface area contributed by atoms with Crippen LogP contribution in [0.5, 0.6) is 5.75 Å². The first kappa shape index (κ1) is 24.9. The van der Waals surface area contributed by atoms with Crippen LogP contribution >= 0.6 is 11.6 Å². The number of halogens is 1. The van der Waals surface area contributed by atoms with E-state index in [0.29, 0.717) is 22.8 Å². The number of hydrogen-bond acceptors (Lipinski definition) is 9. The summed E-state index contributed by atoms with van der Waals surface area (Å²) in [7, 11) is 0. The van der Waals surface area contributed by atoms with Gasteiger partial charge in [0.1, 0.15) is 42.9 Å². The smallest absolute Gasteiger partial charge is 0.302 e. The van der Waals surface area contributed by atoms with E-state index in [1.807, 2.05) is 12.1 Å². The van der Waals surface area contributed by atoms with E-state index in [9.17, 15) is 25.2 Å². The molecule has 10 heteroatoms. The number of carbonyl (C=O) groups is 1. The first-order valence-electron chi connectivity index (χ1n) is 10.8. The molecule has 0 aliphatic carbocycles. The molecule has 2 bridgehead atoms. The number of benzene rings is 2. The molecule has 2 heterocycles. The number of aliphatic hydroxyl groups is 4. The van der Waals surface area contributed by atoms with Crippen LogP contribution in [0.2, 0.25) is 5.02 Å². The van der Waals surface area contributed by atoms with Crippen molar-refractivity contribution >= 4 is 17.6 Å². The average Bonchev–Trinajstić information content (AvgIpc) is 3.22. The molecule has 4 N–H and O–H groups in total. The third-order valence-corrected chi connectivity index (χ3v) is 6.52. The van der Waals surface area contributed by atoms with Gasteiger partial charge in [0.05, 0.1) is 13.2 Å². The van der Waals surface area contributed by atoms with Crippen molar-refractivity contribution in [2.24, 2.45) is 0 Å². The molecule has 5 atom stereocenters. The van der Waals surface area contributed by atoms with E-state index in [1.54, 1.807) is 30.3 Å². The van der Waals surface area contributed by atoms with Crippen LogP contribution in [0.1, 0.15) is 23.6 Å². The fourth-order valence-corrected chi connectivity index (χ4v) is 4.45. The Morgan fingerprint density at radius 2 is 1.85 bits per heavy atom. The van der Waals surface area contributed by atoms with E-state index in [0.717, 1.165) is 11.1 Å². The van der Waals surface area contributed by atoms with Crippen molar-refractivity contribution in [3.05, 3.63) is 64.2 Å². The summed E-state index contributed by atoms with van der Waals surface area (Å²) in [6, 6.07) is 12.3. The van der Waals surface area contributed by atoms with Crippen molar-refractivity contribution in [2.75, 3.05) is 26.4 Å². The monoisotopic (exact) mass is 494 g/mol. The quantitative estimate of drug-likeness (QED) is 0.312. The Balaban J connectivity index is 1.51. The van der Waals surface area contributed by atoms with Gasteiger partial charge in [-0.05, 0) is 41.8 Å². The summed E-state index contributed by atoms with van der Waals surface area (Å²) in [5.41, 5.74) is 0.523. The highest BCUT2D eigenvalue weighted by Gasteiger charge is 2.67. The number of ether oxygens (including phenoxy) is 4. The summed E-state index contributed by atoms with van der Waals surface area (Å²) in [6.45, 7) is 0.960. The lowest BCUT2D eigenvalue weighted by Crippen LogP contribution is -2.65. The molecule has 2 saturated heterocycles. The van der Waals surface area contributed by atoms with E-state index in [1.165, 1.54) is 6.92 Å². The van der Waals surface area contributed by atoms with Gasteiger partial charge in [0.2, 0.25) is 5.79 Å². The molecule has 2 aliphatic heterocycles. The maximum Gasteiger partial charge on any atom is 0.302 e. The minimum atomic E-state index is -1.75. The zero-order chi connectivity index (χ0) is 24.5. The molecule has 2 aromatic carbocycles. The molecule has 0 aromatic heterocycles. The minimum absolute atomic E-state index is 0.167. The maximum atomic E-state index is 10.8. The van der Waals surface area contributed by atoms with Crippen molar-refractivity contribution in [3.8, 4) is 5.75 Å². The number of fused-ring (bicyclic) bond motifs is 2. The number of aliphatic hydroxyl groups excluding tert-OH is 4. The molecular weight excluding hydrogens is 468 g/mol. The van der Waals surface area contributed by atoms with Gasteiger partial charge in [0, 0.05) is 17.5 Å². The molecule has 2 aliphatic rings. The minimum Gasteiger partial charge on any atom is -0.490 e. The van der Waals surface area contributed by atoms with Gasteiger partial charge < -0.3 is 39.4 Å². The van der Waals surface area contributed by atoms with Crippen molar-refractivity contribution in [2.45, 2.75) is 43.0 Å². The molecule has 34 heavy (non-hydrogen) atoms. The van der Waals surface area contributed by atoms with Crippen LogP contribution in [0, 0.1) is 0 Å². The average molecular weight is 495 g/mol. The summed E-state index contributed by atoms with van der Waals surface area (Å²) in [5, 5.41) is 41.8. The Morgan fingerprint density at radius 3 is 2.53 bits per heavy atom. The molecule has 0 spiro atoms. The third-order valence-electron chi connectivity index (χ3n) is 6.15. The number of esters is 1. The third kappa shape index (κ3) is 4.52. The van der Waals surface area contributed by atoms with E-state index in [2.05, 4.69) is 0 Å². The Kier molecular flexibility index (Phi) is 7.16. The first-order valence-corrected chi connectivity index (χ1v) is 11.2. The first-order chi connectivity index (χ1) is 16.2. The van der Waals surface area contributed by atoms with Crippen molar-refractivity contribution in [3.63, 3.8) is 0 Å².